The van der Waals surface area contributed by atoms with Crippen molar-refractivity contribution in [1.82, 2.24) is 14.6 Å². The molecule has 1 aromatic rings. The third-order valence-electron chi connectivity index (χ3n) is 2.80. The van der Waals surface area contributed by atoms with E-state index in [1.807, 2.05) is 20.8 Å². The molecule has 0 bridgehead atoms. The highest BCUT2D eigenvalue weighted by Gasteiger charge is 2.21. The zero-order chi connectivity index (χ0) is 14.5. The molecule has 0 radical (unpaired) electrons. The average Bonchev–Trinajstić information content (AvgIpc) is 2.35. The second-order valence-corrected chi connectivity index (χ2v) is 6.34. The predicted octanol–water partition coefficient (Wildman–Crippen LogP) is 1.74. The van der Waals surface area contributed by atoms with E-state index in [-0.39, 0.29) is 16.1 Å². The van der Waals surface area contributed by atoms with Crippen LogP contribution in [-0.4, -0.2) is 44.0 Å². The van der Waals surface area contributed by atoms with E-state index >= 15 is 0 Å². The zero-order valence-electron chi connectivity index (χ0n) is 11.4. The largest absolute Gasteiger partial charge is 0.302 e. The van der Waals surface area contributed by atoms with Gasteiger partial charge in [0, 0.05) is 18.8 Å². The smallest absolute Gasteiger partial charge is 0.243 e. The van der Waals surface area contributed by atoms with Crippen LogP contribution in [-0.2, 0) is 10.0 Å². The lowest BCUT2D eigenvalue weighted by Crippen LogP contribution is -2.41. The van der Waals surface area contributed by atoms with Gasteiger partial charge in [0.2, 0.25) is 10.0 Å². The van der Waals surface area contributed by atoms with Gasteiger partial charge in [-0.2, -0.15) is 0 Å². The summed E-state index contributed by atoms with van der Waals surface area (Å²) in [6.45, 7) is 8.35. The highest BCUT2D eigenvalue weighted by atomic mass is 35.5. The molecule has 0 aliphatic heterocycles. The standard InChI is InChI=1S/C12H20ClN3O2S/c1-4-16(5-2)9-10(3)15-19(17,18)11-7-6-8-14-12(11)13/h6-8,10,15H,4-5,9H2,1-3H3. The molecule has 0 aromatic carbocycles. The molecule has 0 saturated carbocycles. The first-order valence-corrected chi connectivity index (χ1v) is 8.12. The fourth-order valence-corrected chi connectivity index (χ4v) is 3.49. The van der Waals surface area contributed by atoms with E-state index in [0.717, 1.165) is 13.1 Å². The van der Waals surface area contributed by atoms with E-state index in [4.69, 9.17) is 11.6 Å². The Hall–Kier alpha value is -0.690. The van der Waals surface area contributed by atoms with Gasteiger partial charge in [0.25, 0.3) is 0 Å². The molecule has 0 spiro atoms. The number of likely N-dealkylation sites (N-methyl/N-ethyl adjacent to an activating group) is 1. The molecule has 0 fully saturated rings. The summed E-state index contributed by atoms with van der Waals surface area (Å²) < 4.78 is 27.0. The number of rotatable bonds is 7. The SMILES string of the molecule is CCN(CC)CC(C)NS(=O)(=O)c1cccnc1Cl. The molecule has 5 nitrogen and oxygen atoms in total. The van der Waals surface area contributed by atoms with Gasteiger partial charge in [-0.1, -0.05) is 25.4 Å². The van der Waals surface area contributed by atoms with E-state index in [1.54, 1.807) is 6.07 Å². The number of hydrogen-bond acceptors (Lipinski definition) is 4. The van der Waals surface area contributed by atoms with Gasteiger partial charge in [-0.3, -0.25) is 0 Å². The lowest BCUT2D eigenvalue weighted by atomic mass is 10.3. The fourth-order valence-electron chi connectivity index (χ4n) is 1.81. The number of hydrogen-bond donors (Lipinski definition) is 1. The Bertz CT molecular complexity index is 503. The molecular weight excluding hydrogens is 286 g/mol. The average molecular weight is 306 g/mol. The summed E-state index contributed by atoms with van der Waals surface area (Å²) in [7, 11) is -3.62. The van der Waals surface area contributed by atoms with Crippen molar-refractivity contribution in [3.05, 3.63) is 23.5 Å². The maximum absolute atomic E-state index is 12.2. The maximum Gasteiger partial charge on any atom is 0.243 e. The van der Waals surface area contributed by atoms with Crippen LogP contribution in [0.5, 0.6) is 0 Å². The van der Waals surface area contributed by atoms with Crippen LogP contribution in [0.15, 0.2) is 23.2 Å². The molecule has 1 aromatic heterocycles. The lowest BCUT2D eigenvalue weighted by molar-refractivity contribution is 0.282. The fraction of sp³-hybridized carbons (Fsp3) is 0.583. The molecular formula is C12H20ClN3O2S. The third-order valence-corrected chi connectivity index (χ3v) is 4.83. The molecule has 0 saturated heterocycles. The molecule has 108 valence electrons. The minimum absolute atomic E-state index is 0.00922. The van der Waals surface area contributed by atoms with E-state index < -0.39 is 10.0 Å². The van der Waals surface area contributed by atoms with Crippen LogP contribution in [0.4, 0.5) is 0 Å². The molecule has 0 amide bonds. The van der Waals surface area contributed by atoms with Crippen molar-refractivity contribution in [3.63, 3.8) is 0 Å². The second kappa shape index (κ2) is 7.19. The number of nitrogens with one attached hydrogen (secondary N) is 1. The summed E-state index contributed by atoms with van der Waals surface area (Å²) in [6.07, 6.45) is 1.46. The number of sulfonamides is 1. The highest BCUT2D eigenvalue weighted by Crippen LogP contribution is 2.17. The van der Waals surface area contributed by atoms with Gasteiger partial charge in [-0.25, -0.2) is 18.1 Å². The summed E-state index contributed by atoms with van der Waals surface area (Å²) in [5.41, 5.74) is 0. The Kier molecular flexibility index (Phi) is 6.19. The van der Waals surface area contributed by atoms with Gasteiger partial charge < -0.3 is 4.90 Å². The highest BCUT2D eigenvalue weighted by molar-refractivity contribution is 7.89. The van der Waals surface area contributed by atoms with E-state index in [0.29, 0.717) is 6.54 Å². The van der Waals surface area contributed by atoms with Crippen LogP contribution in [0.2, 0.25) is 5.15 Å². The monoisotopic (exact) mass is 305 g/mol. The third kappa shape index (κ3) is 4.72. The summed E-state index contributed by atoms with van der Waals surface area (Å²) in [5.74, 6) is 0. The number of aromatic nitrogens is 1. The molecule has 1 N–H and O–H groups in total. The van der Waals surface area contributed by atoms with Crippen molar-refractivity contribution < 1.29 is 8.42 Å². The first kappa shape index (κ1) is 16.4. The van der Waals surface area contributed by atoms with Gasteiger partial charge in [0.15, 0.2) is 0 Å². The Balaban J connectivity index is 2.78. The number of pyridine rings is 1. The quantitative estimate of drug-likeness (QED) is 0.780. The van der Waals surface area contributed by atoms with Crippen molar-refractivity contribution in [1.29, 1.82) is 0 Å². The Labute approximate surface area is 120 Å². The molecule has 1 unspecified atom stereocenters. The van der Waals surface area contributed by atoms with Gasteiger partial charge in [0.05, 0.1) is 0 Å². The Morgan fingerprint density at radius 2 is 2.05 bits per heavy atom. The van der Waals surface area contributed by atoms with E-state index in [9.17, 15) is 8.42 Å². The van der Waals surface area contributed by atoms with Crippen LogP contribution in [0, 0.1) is 0 Å². The van der Waals surface area contributed by atoms with Crippen LogP contribution < -0.4 is 4.72 Å². The summed E-state index contributed by atoms with van der Waals surface area (Å²) >= 11 is 5.81. The van der Waals surface area contributed by atoms with Crippen LogP contribution >= 0.6 is 11.6 Å². The molecule has 19 heavy (non-hydrogen) atoms. The van der Waals surface area contributed by atoms with Crippen LogP contribution in [0.25, 0.3) is 0 Å². The van der Waals surface area contributed by atoms with Crippen molar-refractivity contribution >= 4 is 21.6 Å². The topological polar surface area (TPSA) is 62.3 Å². The van der Waals surface area contributed by atoms with Gasteiger partial charge >= 0.3 is 0 Å². The van der Waals surface area contributed by atoms with Crippen LogP contribution in [0.1, 0.15) is 20.8 Å². The molecule has 7 heteroatoms. The summed E-state index contributed by atoms with van der Waals surface area (Å²) in [6, 6.07) is 2.80. The van der Waals surface area contributed by atoms with Gasteiger partial charge in [0.1, 0.15) is 10.0 Å². The number of halogens is 1. The van der Waals surface area contributed by atoms with Crippen molar-refractivity contribution in [3.8, 4) is 0 Å². The van der Waals surface area contributed by atoms with E-state index in [1.165, 1.54) is 12.3 Å². The Morgan fingerprint density at radius 3 is 2.58 bits per heavy atom. The van der Waals surface area contributed by atoms with Gasteiger partial charge in [-0.05, 0) is 32.1 Å². The van der Waals surface area contributed by atoms with E-state index in [2.05, 4.69) is 14.6 Å². The maximum atomic E-state index is 12.2. The first-order valence-electron chi connectivity index (χ1n) is 6.25. The molecule has 0 aliphatic carbocycles. The van der Waals surface area contributed by atoms with Crippen LogP contribution in [0.3, 0.4) is 0 Å². The minimum atomic E-state index is -3.62. The summed E-state index contributed by atoms with van der Waals surface area (Å²) in [5, 5.41) is -0.00922. The number of nitrogens with zero attached hydrogens (tertiary/aromatic N) is 2. The minimum Gasteiger partial charge on any atom is -0.302 e. The molecule has 0 aliphatic rings. The summed E-state index contributed by atoms with van der Waals surface area (Å²) in [4.78, 5) is 5.95. The molecule has 1 atom stereocenters. The van der Waals surface area contributed by atoms with Crippen molar-refractivity contribution in [2.45, 2.75) is 31.7 Å². The van der Waals surface area contributed by atoms with Crippen molar-refractivity contribution in [2.75, 3.05) is 19.6 Å². The molecule has 1 rings (SSSR count). The Morgan fingerprint density at radius 1 is 1.42 bits per heavy atom. The van der Waals surface area contributed by atoms with Crippen molar-refractivity contribution in [2.24, 2.45) is 0 Å². The van der Waals surface area contributed by atoms with Gasteiger partial charge in [-0.15, -0.1) is 0 Å². The molecule has 1 heterocycles. The normalized spacial score (nSPS) is 13.7. The lowest BCUT2D eigenvalue weighted by Gasteiger charge is -2.23. The first-order chi connectivity index (χ1) is 8.90. The second-order valence-electron chi connectivity index (χ2n) is 4.30. The zero-order valence-corrected chi connectivity index (χ0v) is 13.0. The predicted molar refractivity (Wildman–Crippen MR) is 76.8 cm³/mol.